The Kier molecular flexibility index (Phi) is 3.85. The van der Waals surface area contributed by atoms with Gasteiger partial charge in [0.15, 0.2) is 0 Å². The van der Waals surface area contributed by atoms with E-state index in [0.29, 0.717) is 12.3 Å². The SMILES string of the molecule is CCOC(=O)N=C(C)c1ccccc1. The maximum atomic E-state index is 11.0. The molecule has 74 valence electrons. The zero-order valence-electron chi connectivity index (χ0n) is 8.36. The normalized spacial score (nSPS) is 11.1. The third-order valence-corrected chi connectivity index (χ3v) is 1.72. The summed E-state index contributed by atoms with van der Waals surface area (Å²) in [6.07, 6.45) is -0.533. The van der Waals surface area contributed by atoms with Gasteiger partial charge in [-0.15, -0.1) is 0 Å². The van der Waals surface area contributed by atoms with Gasteiger partial charge in [-0.25, -0.2) is 4.79 Å². The molecular formula is C11H13NO2. The van der Waals surface area contributed by atoms with Gasteiger partial charge in [-0.1, -0.05) is 30.3 Å². The molecule has 0 aliphatic heterocycles. The minimum Gasteiger partial charge on any atom is -0.448 e. The highest BCUT2D eigenvalue weighted by atomic mass is 16.5. The molecule has 0 N–H and O–H groups in total. The molecule has 1 rings (SSSR count). The fourth-order valence-electron chi connectivity index (χ4n) is 1.04. The number of hydrogen-bond acceptors (Lipinski definition) is 2. The summed E-state index contributed by atoms with van der Waals surface area (Å²) in [7, 11) is 0. The third-order valence-electron chi connectivity index (χ3n) is 1.72. The lowest BCUT2D eigenvalue weighted by atomic mass is 10.1. The van der Waals surface area contributed by atoms with Gasteiger partial charge in [-0.2, -0.15) is 4.99 Å². The molecular weight excluding hydrogens is 178 g/mol. The van der Waals surface area contributed by atoms with Crippen molar-refractivity contribution < 1.29 is 9.53 Å². The van der Waals surface area contributed by atoms with Crippen LogP contribution in [0.25, 0.3) is 0 Å². The van der Waals surface area contributed by atoms with Crippen LogP contribution in [-0.2, 0) is 4.74 Å². The van der Waals surface area contributed by atoms with Crippen molar-refractivity contribution in [3.8, 4) is 0 Å². The van der Waals surface area contributed by atoms with Crippen LogP contribution in [-0.4, -0.2) is 18.4 Å². The number of nitrogens with zero attached hydrogens (tertiary/aromatic N) is 1. The number of amides is 1. The summed E-state index contributed by atoms with van der Waals surface area (Å²) in [5.74, 6) is 0. The van der Waals surface area contributed by atoms with E-state index in [4.69, 9.17) is 4.74 Å². The summed E-state index contributed by atoms with van der Waals surface area (Å²) in [5.41, 5.74) is 1.60. The lowest BCUT2D eigenvalue weighted by Gasteiger charge is -1.99. The minimum atomic E-state index is -0.533. The van der Waals surface area contributed by atoms with Gasteiger partial charge in [-0.05, 0) is 19.4 Å². The summed E-state index contributed by atoms with van der Waals surface area (Å²) in [4.78, 5) is 14.8. The first-order chi connectivity index (χ1) is 6.74. The van der Waals surface area contributed by atoms with Crippen molar-refractivity contribution in [3.05, 3.63) is 35.9 Å². The van der Waals surface area contributed by atoms with Crippen LogP contribution in [0.4, 0.5) is 4.79 Å². The molecule has 0 radical (unpaired) electrons. The van der Waals surface area contributed by atoms with Crippen molar-refractivity contribution in [2.24, 2.45) is 4.99 Å². The number of benzene rings is 1. The molecule has 0 saturated heterocycles. The first-order valence-corrected chi connectivity index (χ1v) is 4.51. The molecule has 1 amide bonds. The largest absolute Gasteiger partial charge is 0.448 e. The molecule has 0 spiro atoms. The highest BCUT2D eigenvalue weighted by Gasteiger charge is 2.00. The Hall–Kier alpha value is -1.64. The van der Waals surface area contributed by atoms with Crippen LogP contribution in [0.1, 0.15) is 19.4 Å². The molecule has 14 heavy (non-hydrogen) atoms. The second-order valence-electron chi connectivity index (χ2n) is 2.76. The predicted octanol–water partition coefficient (Wildman–Crippen LogP) is 2.65. The maximum absolute atomic E-state index is 11.0. The summed E-state index contributed by atoms with van der Waals surface area (Å²) >= 11 is 0. The molecule has 0 saturated carbocycles. The average molecular weight is 191 g/mol. The molecule has 0 aliphatic rings. The van der Waals surface area contributed by atoms with Crippen molar-refractivity contribution in [1.82, 2.24) is 0 Å². The number of hydrogen-bond donors (Lipinski definition) is 0. The van der Waals surface area contributed by atoms with Crippen LogP contribution >= 0.6 is 0 Å². The molecule has 3 heteroatoms. The van der Waals surface area contributed by atoms with Crippen molar-refractivity contribution in [3.63, 3.8) is 0 Å². The number of aliphatic imine (C=N–C) groups is 1. The van der Waals surface area contributed by atoms with Gasteiger partial charge >= 0.3 is 6.09 Å². The molecule has 0 atom stereocenters. The van der Waals surface area contributed by atoms with Crippen LogP contribution in [0.5, 0.6) is 0 Å². The Morgan fingerprint density at radius 1 is 1.36 bits per heavy atom. The van der Waals surface area contributed by atoms with Crippen LogP contribution in [0.15, 0.2) is 35.3 Å². The lowest BCUT2D eigenvalue weighted by molar-refractivity contribution is 0.163. The molecule has 1 aromatic carbocycles. The Labute approximate surface area is 83.4 Å². The average Bonchev–Trinajstić information content (AvgIpc) is 2.19. The van der Waals surface area contributed by atoms with E-state index in [-0.39, 0.29) is 0 Å². The van der Waals surface area contributed by atoms with Crippen molar-refractivity contribution in [2.75, 3.05) is 6.61 Å². The van der Waals surface area contributed by atoms with Gasteiger partial charge in [0.2, 0.25) is 0 Å². The van der Waals surface area contributed by atoms with Gasteiger partial charge in [0.25, 0.3) is 0 Å². The summed E-state index contributed by atoms with van der Waals surface area (Å²) in [6, 6.07) is 9.52. The van der Waals surface area contributed by atoms with Crippen LogP contribution in [0, 0.1) is 0 Å². The molecule has 0 unspecified atom stereocenters. The van der Waals surface area contributed by atoms with Gasteiger partial charge in [0.1, 0.15) is 0 Å². The van der Waals surface area contributed by atoms with E-state index in [0.717, 1.165) is 5.56 Å². The summed E-state index contributed by atoms with van der Waals surface area (Å²) < 4.78 is 4.71. The molecule has 0 heterocycles. The Balaban J connectivity index is 2.75. The summed E-state index contributed by atoms with van der Waals surface area (Å²) in [6.45, 7) is 3.89. The highest BCUT2D eigenvalue weighted by molar-refractivity contribution is 6.03. The van der Waals surface area contributed by atoms with Gasteiger partial charge in [-0.3, -0.25) is 0 Å². The fourth-order valence-corrected chi connectivity index (χ4v) is 1.04. The van der Waals surface area contributed by atoms with Crippen LogP contribution < -0.4 is 0 Å². The minimum absolute atomic E-state index is 0.352. The van der Waals surface area contributed by atoms with E-state index in [1.54, 1.807) is 13.8 Å². The van der Waals surface area contributed by atoms with E-state index < -0.39 is 6.09 Å². The van der Waals surface area contributed by atoms with Crippen molar-refractivity contribution >= 4 is 11.8 Å². The second-order valence-corrected chi connectivity index (χ2v) is 2.76. The smallest absolute Gasteiger partial charge is 0.433 e. The van der Waals surface area contributed by atoms with E-state index in [1.807, 2.05) is 30.3 Å². The molecule has 3 nitrogen and oxygen atoms in total. The fraction of sp³-hybridized carbons (Fsp3) is 0.273. The molecule has 0 fully saturated rings. The van der Waals surface area contributed by atoms with Crippen LogP contribution in [0.2, 0.25) is 0 Å². The van der Waals surface area contributed by atoms with Gasteiger partial charge in [0.05, 0.1) is 12.3 Å². The topological polar surface area (TPSA) is 38.7 Å². The molecule has 0 aliphatic carbocycles. The number of ether oxygens (including phenoxy) is 1. The van der Waals surface area contributed by atoms with E-state index >= 15 is 0 Å². The quantitative estimate of drug-likeness (QED) is 0.674. The van der Waals surface area contributed by atoms with Gasteiger partial charge < -0.3 is 4.74 Å². The van der Waals surface area contributed by atoms with E-state index in [2.05, 4.69) is 4.99 Å². The van der Waals surface area contributed by atoms with E-state index in [1.165, 1.54) is 0 Å². The summed E-state index contributed by atoms with van der Waals surface area (Å²) in [5, 5.41) is 0. The van der Waals surface area contributed by atoms with Crippen molar-refractivity contribution in [1.29, 1.82) is 0 Å². The number of carbonyl (C=O) groups is 1. The zero-order valence-corrected chi connectivity index (χ0v) is 8.36. The second kappa shape index (κ2) is 5.17. The third kappa shape index (κ3) is 3.01. The highest BCUT2D eigenvalue weighted by Crippen LogP contribution is 2.01. The Bertz CT molecular complexity index is 330. The standard InChI is InChI=1S/C11H13NO2/c1-3-14-11(13)12-9(2)10-7-5-4-6-8-10/h4-8H,3H2,1-2H3. The Morgan fingerprint density at radius 2 is 2.00 bits per heavy atom. The monoisotopic (exact) mass is 191 g/mol. The Morgan fingerprint density at radius 3 is 2.57 bits per heavy atom. The molecule has 1 aromatic rings. The zero-order chi connectivity index (χ0) is 10.4. The maximum Gasteiger partial charge on any atom is 0.433 e. The van der Waals surface area contributed by atoms with E-state index in [9.17, 15) is 4.79 Å². The van der Waals surface area contributed by atoms with Crippen molar-refractivity contribution in [2.45, 2.75) is 13.8 Å². The van der Waals surface area contributed by atoms with Crippen LogP contribution in [0.3, 0.4) is 0 Å². The van der Waals surface area contributed by atoms with Gasteiger partial charge in [0, 0.05) is 0 Å². The number of carbonyl (C=O) groups excluding carboxylic acids is 1. The molecule has 0 aromatic heterocycles. The lowest BCUT2D eigenvalue weighted by Crippen LogP contribution is -2.03. The number of rotatable bonds is 2. The predicted molar refractivity (Wildman–Crippen MR) is 55.7 cm³/mol. The first kappa shape index (κ1) is 10.4. The molecule has 0 bridgehead atoms. The first-order valence-electron chi connectivity index (χ1n) is 4.51.